The number of cyclic esters (lactones) is 1. The molecule has 0 unspecified atom stereocenters. The molecule has 1 saturated heterocycles. The Labute approximate surface area is 247 Å². The van der Waals surface area contributed by atoms with Crippen LogP contribution in [0.15, 0.2) is 47.3 Å². The number of aliphatic hydroxyl groups is 1. The van der Waals surface area contributed by atoms with Gasteiger partial charge in [0.05, 0.1) is 42.2 Å². The Morgan fingerprint density at radius 1 is 0.977 bits per heavy atom. The first kappa shape index (κ1) is 26.2. The van der Waals surface area contributed by atoms with Crippen molar-refractivity contribution in [3.05, 3.63) is 80.6 Å². The fourth-order valence-corrected chi connectivity index (χ4v) is 6.84. The summed E-state index contributed by atoms with van der Waals surface area (Å²) < 4.78 is 23.9. The highest BCUT2D eigenvalue weighted by molar-refractivity contribution is 5.91. The first-order chi connectivity index (χ1) is 20.9. The maximum atomic E-state index is 13.8. The number of benzene rings is 2. The average Bonchev–Trinajstić information content (AvgIpc) is 3.65. The van der Waals surface area contributed by atoms with Gasteiger partial charge in [0, 0.05) is 41.4 Å². The van der Waals surface area contributed by atoms with Gasteiger partial charge in [-0.15, -0.1) is 0 Å². The number of nitrogens with zero attached hydrogens (tertiary/aromatic N) is 3. The standard InChI is InChI=1S/C33H31N3O7/c1-2-33(39)25-14-27-30-23(16-36(27)31(37)24(25)17-41-32(33)38)21(22-13-28-29(43-18-42-28)15-26(22)34-30)7-6-19-4-3-5-20(12-19)35-8-10-40-11-9-35/h3-5,12-15,39H,2,6-11,16-18H2,1H3/t33-/m0/s1. The number of pyridine rings is 2. The van der Waals surface area contributed by atoms with Crippen molar-refractivity contribution in [2.75, 3.05) is 38.0 Å². The molecule has 1 N–H and O–H groups in total. The molecular weight excluding hydrogens is 550 g/mol. The first-order valence-corrected chi connectivity index (χ1v) is 14.8. The van der Waals surface area contributed by atoms with Crippen molar-refractivity contribution in [1.82, 2.24) is 9.55 Å². The second-order valence-electron chi connectivity index (χ2n) is 11.5. The zero-order valence-electron chi connectivity index (χ0n) is 23.9. The van der Waals surface area contributed by atoms with E-state index < -0.39 is 11.6 Å². The number of ether oxygens (including phenoxy) is 4. The Bertz CT molecular complexity index is 1880. The molecule has 0 amide bonds. The van der Waals surface area contributed by atoms with Crippen molar-refractivity contribution in [2.24, 2.45) is 0 Å². The molecule has 0 saturated carbocycles. The fourth-order valence-electron chi connectivity index (χ4n) is 6.84. The van der Waals surface area contributed by atoms with E-state index in [0.717, 1.165) is 61.2 Å². The Morgan fingerprint density at radius 2 is 1.79 bits per heavy atom. The molecule has 0 radical (unpaired) electrons. The van der Waals surface area contributed by atoms with Crippen LogP contribution >= 0.6 is 0 Å². The number of rotatable bonds is 5. The molecule has 0 aliphatic carbocycles. The molecule has 4 aromatic rings. The SMILES string of the molecule is CC[C@@]1(O)C(=O)OCc2c1cc1n(c2=O)Cc2c-1nc1cc3c(cc1c2CCc1cccc(N2CCOCC2)c1)OCO3. The molecule has 10 nitrogen and oxygen atoms in total. The van der Waals surface area contributed by atoms with E-state index >= 15 is 0 Å². The van der Waals surface area contributed by atoms with E-state index in [9.17, 15) is 14.7 Å². The predicted octanol–water partition coefficient (Wildman–Crippen LogP) is 3.43. The summed E-state index contributed by atoms with van der Waals surface area (Å²) in [4.78, 5) is 33.8. The molecule has 1 atom stereocenters. The molecule has 220 valence electrons. The molecule has 6 heterocycles. The summed E-state index contributed by atoms with van der Waals surface area (Å²) in [6.45, 7) is 5.26. The molecule has 0 bridgehead atoms. The molecule has 8 rings (SSSR count). The van der Waals surface area contributed by atoms with E-state index in [1.54, 1.807) is 17.6 Å². The number of anilines is 1. The molecule has 2 aromatic carbocycles. The lowest BCUT2D eigenvalue weighted by Gasteiger charge is -2.31. The number of aryl methyl sites for hydroxylation is 2. The third-order valence-electron chi connectivity index (χ3n) is 9.25. The summed E-state index contributed by atoms with van der Waals surface area (Å²) in [6, 6.07) is 14.3. The number of carbonyl (C=O) groups excluding carboxylic acids is 1. The quantitative estimate of drug-likeness (QED) is 0.312. The van der Waals surface area contributed by atoms with E-state index in [0.29, 0.717) is 40.6 Å². The number of hydrogen-bond acceptors (Lipinski definition) is 9. The van der Waals surface area contributed by atoms with Gasteiger partial charge in [-0.1, -0.05) is 19.1 Å². The van der Waals surface area contributed by atoms with Crippen LogP contribution < -0.4 is 19.9 Å². The summed E-state index contributed by atoms with van der Waals surface area (Å²) in [5.41, 5.74) is 4.96. The number of hydrogen-bond donors (Lipinski definition) is 1. The number of aromatic nitrogens is 2. The molecule has 1 fully saturated rings. The van der Waals surface area contributed by atoms with Crippen LogP contribution in [0.25, 0.3) is 22.3 Å². The predicted molar refractivity (Wildman–Crippen MR) is 158 cm³/mol. The van der Waals surface area contributed by atoms with Gasteiger partial charge in [0.15, 0.2) is 17.1 Å². The molecule has 0 spiro atoms. The summed E-state index contributed by atoms with van der Waals surface area (Å²) in [7, 11) is 0. The van der Waals surface area contributed by atoms with Crippen molar-refractivity contribution < 1.29 is 28.8 Å². The zero-order chi connectivity index (χ0) is 29.3. The van der Waals surface area contributed by atoms with Crippen molar-refractivity contribution in [1.29, 1.82) is 0 Å². The van der Waals surface area contributed by atoms with Crippen LogP contribution in [0.1, 0.15) is 41.2 Å². The van der Waals surface area contributed by atoms with E-state index in [4.69, 9.17) is 23.9 Å². The van der Waals surface area contributed by atoms with Crippen LogP contribution in [0.4, 0.5) is 5.69 Å². The number of fused-ring (bicyclic) bond motifs is 6. The normalized spacial score (nSPS) is 20.1. The van der Waals surface area contributed by atoms with Gasteiger partial charge in [0.25, 0.3) is 5.56 Å². The van der Waals surface area contributed by atoms with Crippen LogP contribution in [-0.4, -0.2) is 53.7 Å². The Morgan fingerprint density at radius 3 is 2.60 bits per heavy atom. The van der Waals surface area contributed by atoms with Gasteiger partial charge in [-0.25, -0.2) is 9.78 Å². The van der Waals surface area contributed by atoms with Crippen LogP contribution in [0, 0.1) is 0 Å². The topological polar surface area (TPSA) is 112 Å². The largest absolute Gasteiger partial charge is 0.458 e. The second-order valence-corrected chi connectivity index (χ2v) is 11.5. The molecular formula is C33H31N3O7. The van der Waals surface area contributed by atoms with Gasteiger partial charge in [-0.05, 0) is 54.7 Å². The molecule has 43 heavy (non-hydrogen) atoms. The van der Waals surface area contributed by atoms with Crippen molar-refractivity contribution in [2.45, 2.75) is 44.9 Å². The Balaban J connectivity index is 1.25. The van der Waals surface area contributed by atoms with Gasteiger partial charge in [-0.3, -0.25) is 4.79 Å². The minimum absolute atomic E-state index is 0.0952. The number of carbonyl (C=O) groups is 1. The lowest BCUT2D eigenvalue weighted by Crippen LogP contribution is -2.44. The van der Waals surface area contributed by atoms with Gasteiger partial charge in [0.2, 0.25) is 6.79 Å². The van der Waals surface area contributed by atoms with E-state index in [1.165, 1.54) is 11.3 Å². The van der Waals surface area contributed by atoms with E-state index in [1.807, 2.05) is 12.1 Å². The lowest BCUT2D eigenvalue weighted by atomic mass is 9.86. The van der Waals surface area contributed by atoms with Crippen LogP contribution in [0.2, 0.25) is 0 Å². The lowest BCUT2D eigenvalue weighted by molar-refractivity contribution is -0.172. The first-order valence-electron chi connectivity index (χ1n) is 14.8. The van der Waals surface area contributed by atoms with Gasteiger partial charge in [-0.2, -0.15) is 0 Å². The third kappa shape index (κ3) is 4.04. The van der Waals surface area contributed by atoms with Gasteiger partial charge in [0.1, 0.15) is 6.61 Å². The zero-order valence-corrected chi connectivity index (χ0v) is 23.9. The van der Waals surface area contributed by atoms with Crippen molar-refractivity contribution in [3.8, 4) is 22.9 Å². The van der Waals surface area contributed by atoms with Crippen LogP contribution in [0.5, 0.6) is 11.5 Å². The van der Waals surface area contributed by atoms with Gasteiger partial charge >= 0.3 is 5.97 Å². The highest BCUT2D eigenvalue weighted by Crippen LogP contribution is 2.43. The summed E-state index contributed by atoms with van der Waals surface area (Å²) in [5, 5.41) is 12.2. The maximum Gasteiger partial charge on any atom is 0.343 e. The fraction of sp³-hybridized carbons (Fsp3) is 0.364. The Hall–Kier alpha value is -4.41. The minimum atomic E-state index is -1.87. The highest BCUT2D eigenvalue weighted by Gasteiger charge is 2.45. The minimum Gasteiger partial charge on any atom is -0.458 e. The highest BCUT2D eigenvalue weighted by atomic mass is 16.7. The Kier molecular flexibility index (Phi) is 5.99. The second kappa shape index (κ2) is 9.82. The molecule has 10 heteroatoms. The summed E-state index contributed by atoms with van der Waals surface area (Å²) in [5.74, 6) is 0.578. The van der Waals surface area contributed by atoms with E-state index in [2.05, 4.69) is 29.2 Å². The smallest absolute Gasteiger partial charge is 0.343 e. The summed E-state index contributed by atoms with van der Waals surface area (Å²) in [6.07, 6.45) is 1.60. The van der Waals surface area contributed by atoms with E-state index in [-0.39, 0.29) is 25.4 Å². The molecule has 4 aliphatic heterocycles. The van der Waals surface area contributed by atoms with Crippen molar-refractivity contribution in [3.63, 3.8) is 0 Å². The van der Waals surface area contributed by atoms with Crippen molar-refractivity contribution >= 4 is 22.6 Å². The molecule has 4 aliphatic rings. The number of esters is 1. The molecule has 2 aromatic heterocycles. The maximum absolute atomic E-state index is 13.8. The number of morpholine rings is 1. The van der Waals surface area contributed by atoms with Crippen LogP contribution in [0.3, 0.4) is 0 Å². The monoisotopic (exact) mass is 581 g/mol. The summed E-state index contributed by atoms with van der Waals surface area (Å²) >= 11 is 0. The average molecular weight is 582 g/mol. The van der Waals surface area contributed by atoms with Crippen LogP contribution in [-0.2, 0) is 45.9 Å². The van der Waals surface area contributed by atoms with Gasteiger partial charge < -0.3 is 33.5 Å². The third-order valence-corrected chi connectivity index (χ3v) is 9.25.